The van der Waals surface area contributed by atoms with Crippen LogP contribution in [0.2, 0.25) is 0 Å². The van der Waals surface area contributed by atoms with Crippen LogP contribution in [0, 0.1) is 22.0 Å². The van der Waals surface area contributed by atoms with Gasteiger partial charge in [-0.25, -0.2) is 0 Å². The Bertz CT molecular complexity index is 626. The lowest BCUT2D eigenvalue weighted by molar-refractivity contribution is -0.385. The van der Waals surface area contributed by atoms with E-state index in [0.29, 0.717) is 20.6 Å². The first kappa shape index (κ1) is 16.9. The van der Waals surface area contributed by atoms with E-state index in [1.807, 2.05) is 6.92 Å². The third-order valence-electron chi connectivity index (χ3n) is 3.26. The van der Waals surface area contributed by atoms with Crippen LogP contribution in [0.5, 0.6) is 0 Å². The van der Waals surface area contributed by atoms with Crippen LogP contribution >= 0.6 is 31.9 Å². The number of halogens is 2. The second-order valence-electron chi connectivity index (χ2n) is 5.02. The minimum atomic E-state index is -0.542. The van der Waals surface area contributed by atoms with E-state index < -0.39 is 17.4 Å². The number of anilines is 1. The van der Waals surface area contributed by atoms with E-state index in [1.165, 1.54) is 12.1 Å². The number of amides is 1. The second kappa shape index (κ2) is 6.74. The van der Waals surface area contributed by atoms with Gasteiger partial charge < -0.3 is 10.1 Å². The van der Waals surface area contributed by atoms with Crippen molar-refractivity contribution in [2.75, 3.05) is 11.9 Å². The fraction of sp³-hybridized carbons (Fsp3) is 0.385. The Kier molecular flexibility index (Phi) is 5.17. The first-order valence-corrected chi connectivity index (χ1v) is 7.98. The van der Waals surface area contributed by atoms with Crippen LogP contribution in [0.15, 0.2) is 21.1 Å². The predicted octanol–water partition coefficient (Wildman–Crippen LogP) is 3.26. The van der Waals surface area contributed by atoms with Crippen molar-refractivity contribution in [3.63, 3.8) is 0 Å². The molecule has 0 aromatic heterocycles. The minimum absolute atomic E-state index is 0.106. The van der Waals surface area contributed by atoms with Gasteiger partial charge in [0.1, 0.15) is 0 Å². The summed E-state index contributed by atoms with van der Waals surface area (Å²) >= 11 is 6.32. The number of hydrogen-bond acceptors (Lipinski definition) is 5. The standard InChI is InChI=1S/C13H12Br2N2O5/c1-6-2-8(6)13(19)22-5-11(18)16-12-9(14)3-7(17(20)21)4-10(12)15/h3-4,6,8H,2,5H2,1H3,(H,16,18). The molecule has 1 aliphatic carbocycles. The Morgan fingerprint density at radius 1 is 1.41 bits per heavy atom. The number of rotatable bonds is 5. The van der Waals surface area contributed by atoms with Gasteiger partial charge >= 0.3 is 5.97 Å². The van der Waals surface area contributed by atoms with Gasteiger partial charge in [-0.1, -0.05) is 6.92 Å². The molecule has 1 amide bonds. The van der Waals surface area contributed by atoms with Gasteiger partial charge in [-0.3, -0.25) is 19.7 Å². The van der Waals surface area contributed by atoms with Crippen molar-refractivity contribution in [3.05, 3.63) is 31.2 Å². The van der Waals surface area contributed by atoms with E-state index >= 15 is 0 Å². The van der Waals surface area contributed by atoms with Gasteiger partial charge in [-0.05, 0) is 44.2 Å². The lowest BCUT2D eigenvalue weighted by Gasteiger charge is -2.10. The molecule has 0 radical (unpaired) electrons. The van der Waals surface area contributed by atoms with Crippen LogP contribution in [0.3, 0.4) is 0 Å². The average molecular weight is 436 g/mol. The smallest absolute Gasteiger partial charge is 0.309 e. The van der Waals surface area contributed by atoms with Crippen molar-refractivity contribution in [2.45, 2.75) is 13.3 Å². The van der Waals surface area contributed by atoms with Gasteiger partial charge in [-0.15, -0.1) is 0 Å². The Hall–Kier alpha value is -1.48. The maximum atomic E-state index is 11.8. The van der Waals surface area contributed by atoms with Gasteiger partial charge in [-0.2, -0.15) is 0 Å². The molecule has 7 nitrogen and oxygen atoms in total. The molecule has 0 spiro atoms. The molecule has 2 unspecified atom stereocenters. The van der Waals surface area contributed by atoms with Crippen molar-refractivity contribution in [1.29, 1.82) is 0 Å². The first-order chi connectivity index (χ1) is 10.3. The molecule has 1 aromatic rings. The highest BCUT2D eigenvalue weighted by atomic mass is 79.9. The predicted molar refractivity (Wildman–Crippen MR) is 85.4 cm³/mol. The summed E-state index contributed by atoms with van der Waals surface area (Å²) in [4.78, 5) is 33.5. The third-order valence-corrected chi connectivity index (χ3v) is 4.51. The van der Waals surface area contributed by atoms with Crippen LogP contribution in [-0.2, 0) is 14.3 Å². The number of nitro groups is 1. The molecule has 1 fully saturated rings. The van der Waals surface area contributed by atoms with E-state index in [1.54, 1.807) is 0 Å². The second-order valence-corrected chi connectivity index (χ2v) is 6.73. The number of nitrogens with zero attached hydrogens (tertiary/aromatic N) is 1. The number of non-ortho nitro benzene ring substituents is 1. The zero-order valence-electron chi connectivity index (χ0n) is 11.5. The van der Waals surface area contributed by atoms with Crippen molar-refractivity contribution in [2.24, 2.45) is 11.8 Å². The summed E-state index contributed by atoms with van der Waals surface area (Å²) < 4.78 is 5.62. The summed E-state index contributed by atoms with van der Waals surface area (Å²) in [5, 5.41) is 13.3. The maximum Gasteiger partial charge on any atom is 0.309 e. The fourth-order valence-electron chi connectivity index (χ4n) is 1.85. The normalized spacial score (nSPS) is 19.4. The molecule has 2 rings (SSSR count). The number of nitro benzene ring substituents is 1. The van der Waals surface area contributed by atoms with Gasteiger partial charge in [0.25, 0.3) is 11.6 Å². The summed E-state index contributed by atoms with van der Waals surface area (Å²) in [7, 11) is 0. The molecule has 0 heterocycles. The average Bonchev–Trinajstić information content (AvgIpc) is 3.17. The van der Waals surface area contributed by atoms with E-state index in [0.717, 1.165) is 6.42 Å². The fourth-order valence-corrected chi connectivity index (χ4v) is 3.21. The van der Waals surface area contributed by atoms with E-state index in [2.05, 4.69) is 37.2 Å². The zero-order valence-corrected chi connectivity index (χ0v) is 14.6. The summed E-state index contributed by atoms with van der Waals surface area (Å²) in [5.74, 6) is -0.680. The number of nitrogens with one attached hydrogen (secondary N) is 1. The Morgan fingerprint density at radius 2 is 1.95 bits per heavy atom. The van der Waals surface area contributed by atoms with Crippen molar-refractivity contribution in [1.82, 2.24) is 0 Å². The number of benzene rings is 1. The molecule has 9 heteroatoms. The van der Waals surface area contributed by atoms with Crippen molar-refractivity contribution < 1.29 is 19.2 Å². The summed E-state index contributed by atoms with van der Waals surface area (Å²) in [6.07, 6.45) is 0.792. The van der Waals surface area contributed by atoms with Gasteiger partial charge in [0, 0.05) is 21.1 Å². The molecule has 0 saturated heterocycles. The lowest BCUT2D eigenvalue weighted by Crippen LogP contribution is -2.22. The molecular formula is C13H12Br2N2O5. The molecule has 2 atom stereocenters. The summed E-state index contributed by atoms with van der Waals surface area (Å²) in [6, 6.07) is 2.55. The highest BCUT2D eigenvalue weighted by Crippen LogP contribution is 2.38. The summed E-state index contributed by atoms with van der Waals surface area (Å²) in [6.45, 7) is 1.55. The van der Waals surface area contributed by atoms with Crippen LogP contribution in [0.1, 0.15) is 13.3 Å². The molecule has 1 N–H and O–H groups in total. The number of carbonyl (C=O) groups is 2. The van der Waals surface area contributed by atoms with Crippen LogP contribution < -0.4 is 5.32 Å². The van der Waals surface area contributed by atoms with Crippen LogP contribution in [0.25, 0.3) is 0 Å². The van der Waals surface area contributed by atoms with Gasteiger partial charge in [0.05, 0.1) is 16.5 Å². The Balaban J connectivity index is 1.96. The number of ether oxygens (including phenoxy) is 1. The summed E-state index contributed by atoms with van der Waals surface area (Å²) in [5.41, 5.74) is 0.220. The zero-order chi connectivity index (χ0) is 16.4. The molecule has 0 aliphatic heterocycles. The maximum absolute atomic E-state index is 11.8. The molecular weight excluding hydrogens is 424 g/mol. The monoisotopic (exact) mass is 434 g/mol. The third kappa shape index (κ3) is 4.04. The van der Waals surface area contributed by atoms with Gasteiger partial charge in [0.2, 0.25) is 0 Å². The van der Waals surface area contributed by atoms with E-state index in [4.69, 9.17) is 4.74 Å². The number of carbonyl (C=O) groups excluding carboxylic acids is 2. The number of esters is 1. The molecule has 1 aromatic carbocycles. The molecule has 1 saturated carbocycles. The largest absolute Gasteiger partial charge is 0.455 e. The highest BCUT2D eigenvalue weighted by molar-refractivity contribution is 9.11. The Morgan fingerprint density at radius 3 is 2.41 bits per heavy atom. The molecule has 0 bridgehead atoms. The number of hydrogen-bond donors (Lipinski definition) is 1. The van der Waals surface area contributed by atoms with Crippen LogP contribution in [0.4, 0.5) is 11.4 Å². The quantitative estimate of drug-likeness (QED) is 0.434. The van der Waals surface area contributed by atoms with Crippen molar-refractivity contribution in [3.8, 4) is 0 Å². The topological polar surface area (TPSA) is 98.5 Å². The lowest BCUT2D eigenvalue weighted by atomic mass is 10.3. The van der Waals surface area contributed by atoms with Crippen LogP contribution in [-0.4, -0.2) is 23.4 Å². The van der Waals surface area contributed by atoms with E-state index in [9.17, 15) is 19.7 Å². The van der Waals surface area contributed by atoms with Gasteiger partial charge in [0.15, 0.2) is 6.61 Å². The minimum Gasteiger partial charge on any atom is -0.455 e. The molecule has 118 valence electrons. The first-order valence-electron chi connectivity index (χ1n) is 6.39. The van der Waals surface area contributed by atoms with E-state index in [-0.39, 0.29) is 17.6 Å². The highest BCUT2D eigenvalue weighted by Gasteiger charge is 2.40. The Labute approximate surface area is 142 Å². The molecule has 22 heavy (non-hydrogen) atoms. The molecule has 1 aliphatic rings. The SMILES string of the molecule is CC1CC1C(=O)OCC(=O)Nc1c(Br)cc([N+](=O)[O-])cc1Br. The van der Waals surface area contributed by atoms with Crippen molar-refractivity contribution >= 4 is 55.1 Å².